The Morgan fingerprint density at radius 1 is 1.10 bits per heavy atom. The van der Waals surface area contributed by atoms with Crippen molar-refractivity contribution in [2.24, 2.45) is 11.8 Å². The van der Waals surface area contributed by atoms with Crippen molar-refractivity contribution in [2.75, 3.05) is 0 Å². The van der Waals surface area contributed by atoms with E-state index in [1.54, 1.807) is 26.1 Å². The van der Waals surface area contributed by atoms with Crippen LogP contribution < -0.4 is 10.6 Å². The number of aromatic nitrogens is 4. The predicted octanol–water partition coefficient (Wildman–Crippen LogP) is 5.54. The van der Waals surface area contributed by atoms with Crippen molar-refractivity contribution in [3.63, 3.8) is 0 Å². The highest BCUT2D eigenvalue weighted by molar-refractivity contribution is 5.93. The van der Waals surface area contributed by atoms with Gasteiger partial charge in [0.05, 0.1) is 42.3 Å². The smallest absolute Gasteiger partial charge is 0.350 e. The van der Waals surface area contributed by atoms with Crippen LogP contribution in [0.25, 0.3) is 5.65 Å². The Morgan fingerprint density at radius 2 is 1.78 bits per heavy atom. The molecule has 222 valence electrons. The van der Waals surface area contributed by atoms with E-state index in [4.69, 9.17) is 4.52 Å². The normalized spacial score (nSPS) is 19.2. The summed E-state index contributed by atoms with van der Waals surface area (Å²) in [4.78, 5) is 30.1. The fraction of sp³-hybridized carbons (Fsp3) is 0.593. The number of carbonyl (C=O) groups excluding carboxylic acids is 2. The van der Waals surface area contributed by atoms with Gasteiger partial charge in [0, 0.05) is 24.8 Å². The van der Waals surface area contributed by atoms with Gasteiger partial charge in [-0.05, 0) is 63.0 Å². The maximum Gasteiger partial charge on any atom is 0.389 e. The SMILES string of the molecule is Cc1noc(C(=O)N[C@H](c2cn3ncc(C(NC(=O)CCC(F)(F)F)C4CC4)cc3n2)C2CCC(F)(F)CC2)c1C. The molecule has 2 amide bonds. The van der Waals surface area contributed by atoms with Crippen LogP contribution in [-0.4, -0.2) is 43.7 Å². The summed E-state index contributed by atoms with van der Waals surface area (Å²) < 4.78 is 72.3. The van der Waals surface area contributed by atoms with Gasteiger partial charge in [0.15, 0.2) is 5.65 Å². The maximum atomic E-state index is 14.0. The van der Waals surface area contributed by atoms with Gasteiger partial charge < -0.3 is 15.2 Å². The first-order valence-corrected chi connectivity index (χ1v) is 13.6. The Morgan fingerprint density at radius 3 is 2.39 bits per heavy atom. The number of amides is 2. The highest BCUT2D eigenvalue weighted by atomic mass is 19.4. The van der Waals surface area contributed by atoms with Crippen molar-refractivity contribution in [2.45, 2.75) is 89.4 Å². The zero-order valence-corrected chi connectivity index (χ0v) is 22.6. The van der Waals surface area contributed by atoms with Crippen LogP contribution in [0.5, 0.6) is 0 Å². The number of aryl methyl sites for hydroxylation is 1. The maximum absolute atomic E-state index is 14.0. The number of carbonyl (C=O) groups is 2. The van der Waals surface area contributed by atoms with E-state index in [1.165, 1.54) is 10.7 Å². The number of halogens is 5. The minimum Gasteiger partial charge on any atom is -0.350 e. The molecule has 5 rings (SSSR count). The number of rotatable bonds is 9. The van der Waals surface area contributed by atoms with Gasteiger partial charge in [-0.15, -0.1) is 0 Å². The summed E-state index contributed by atoms with van der Waals surface area (Å²) in [5.41, 5.74) is 2.54. The predicted molar refractivity (Wildman–Crippen MR) is 135 cm³/mol. The van der Waals surface area contributed by atoms with Gasteiger partial charge >= 0.3 is 6.18 Å². The largest absolute Gasteiger partial charge is 0.389 e. The molecular formula is C27H31F5N6O3. The van der Waals surface area contributed by atoms with Crippen molar-refractivity contribution in [3.05, 3.63) is 46.7 Å². The number of nitrogens with one attached hydrogen (secondary N) is 2. The molecule has 3 heterocycles. The number of imidazole rings is 1. The Kier molecular flexibility index (Phi) is 7.77. The lowest BCUT2D eigenvalue weighted by Gasteiger charge is -2.33. The molecule has 9 nitrogen and oxygen atoms in total. The van der Waals surface area contributed by atoms with E-state index in [1.807, 2.05) is 0 Å². The molecule has 3 aromatic rings. The van der Waals surface area contributed by atoms with E-state index >= 15 is 0 Å². The molecule has 2 saturated carbocycles. The van der Waals surface area contributed by atoms with Gasteiger partial charge in [0.1, 0.15) is 0 Å². The molecule has 41 heavy (non-hydrogen) atoms. The second-order valence-corrected chi connectivity index (χ2v) is 11.1. The van der Waals surface area contributed by atoms with Crippen LogP contribution in [0, 0.1) is 25.7 Å². The average Bonchev–Trinajstić information content (AvgIpc) is 3.57. The Bertz CT molecular complexity index is 1420. The molecule has 2 aliphatic carbocycles. The molecule has 1 unspecified atom stereocenters. The zero-order valence-electron chi connectivity index (χ0n) is 22.6. The summed E-state index contributed by atoms with van der Waals surface area (Å²) in [5.74, 6) is -4.20. The molecule has 2 aliphatic rings. The molecular weight excluding hydrogens is 551 g/mol. The average molecular weight is 583 g/mol. The summed E-state index contributed by atoms with van der Waals surface area (Å²) >= 11 is 0. The third-order valence-corrected chi connectivity index (χ3v) is 7.97. The van der Waals surface area contributed by atoms with E-state index in [2.05, 4.69) is 25.9 Å². The molecule has 2 N–H and O–H groups in total. The van der Waals surface area contributed by atoms with Crippen LogP contribution >= 0.6 is 0 Å². The minimum atomic E-state index is -4.43. The molecule has 0 bridgehead atoms. The fourth-order valence-electron chi connectivity index (χ4n) is 5.30. The van der Waals surface area contributed by atoms with E-state index in [0.717, 1.165) is 12.8 Å². The second-order valence-electron chi connectivity index (χ2n) is 11.1. The number of alkyl halides is 5. The Balaban J connectivity index is 1.40. The van der Waals surface area contributed by atoms with Gasteiger partial charge in [-0.25, -0.2) is 18.3 Å². The van der Waals surface area contributed by atoms with Gasteiger partial charge in [-0.1, -0.05) is 5.16 Å². The van der Waals surface area contributed by atoms with Crippen LogP contribution in [0.4, 0.5) is 22.0 Å². The van der Waals surface area contributed by atoms with Gasteiger partial charge in [0.2, 0.25) is 17.6 Å². The van der Waals surface area contributed by atoms with Crippen molar-refractivity contribution >= 4 is 17.5 Å². The van der Waals surface area contributed by atoms with Crippen LogP contribution in [0.1, 0.15) is 96.5 Å². The molecule has 0 aromatic carbocycles. The molecule has 0 spiro atoms. The molecule has 0 aliphatic heterocycles. The third-order valence-electron chi connectivity index (χ3n) is 7.97. The standard InChI is InChI=1S/C27H31F5N6O3/c1-14-15(2)37-41-24(14)25(40)36-23(17-5-8-26(28,29)9-6-17)19-13-38-20(34-19)11-18(12-33-38)22(16-3-4-16)35-21(39)7-10-27(30,31)32/h11-13,16-17,22-23H,3-10H2,1-2H3,(H,35,39)(H,36,40)/t22?,23-/m0/s1. The van der Waals surface area contributed by atoms with E-state index in [9.17, 15) is 31.5 Å². The van der Waals surface area contributed by atoms with Gasteiger partial charge in [-0.2, -0.15) is 18.3 Å². The first-order chi connectivity index (χ1) is 19.3. The number of fused-ring (bicyclic) bond motifs is 1. The lowest BCUT2D eigenvalue weighted by Crippen LogP contribution is -2.37. The van der Waals surface area contributed by atoms with Gasteiger partial charge in [0.25, 0.3) is 5.91 Å². The summed E-state index contributed by atoms with van der Waals surface area (Å²) in [6.07, 6.45) is -1.79. The molecule has 2 atom stereocenters. The van der Waals surface area contributed by atoms with E-state index < -0.39 is 48.8 Å². The lowest BCUT2D eigenvalue weighted by molar-refractivity contribution is -0.144. The molecule has 3 aromatic heterocycles. The van der Waals surface area contributed by atoms with Crippen LogP contribution in [0.2, 0.25) is 0 Å². The highest BCUT2D eigenvalue weighted by Crippen LogP contribution is 2.43. The van der Waals surface area contributed by atoms with Crippen molar-refractivity contribution in [3.8, 4) is 0 Å². The molecule has 2 fully saturated rings. The Labute approximate surface area is 232 Å². The Hall–Kier alpha value is -3.58. The quantitative estimate of drug-likeness (QED) is 0.320. The summed E-state index contributed by atoms with van der Waals surface area (Å²) in [6, 6.07) is 0.471. The van der Waals surface area contributed by atoms with Crippen molar-refractivity contribution in [1.29, 1.82) is 0 Å². The number of hydrogen-bond donors (Lipinski definition) is 2. The lowest BCUT2D eigenvalue weighted by atomic mass is 9.81. The molecule has 0 saturated heterocycles. The molecule has 14 heteroatoms. The van der Waals surface area contributed by atoms with Crippen LogP contribution in [0.3, 0.4) is 0 Å². The van der Waals surface area contributed by atoms with E-state index in [0.29, 0.717) is 28.2 Å². The van der Waals surface area contributed by atoms with Crippen LogP contribution in [-0.2, 0) is 4.79 Å². The van der Waals surface area contributed by atoms with Crippen molar-refractivity contribution in [1.82, 2.24) is 30.4 Å². The first kappa shape index (κ1) is 28.9. The molecule has 0 radical (unpaired) electrons. The summed E-state index contributed by atoms with van der Waals surface area (Å²) in [6.45, 7) is 3.40. The van der Waals surface area contributed by atoms with Crippen LogP contribution in [0.15, 0.2) is 23.0 Å². The fourth-order valence-corrected chi connectivity index (χ4v) is 5.30. The topological polar surface area (TPSA) is 114 Å². The number of hydrogen-bond acceptors (Lipinski definition) is 6. The second kappa shape index (κ2) is 11.0. The zero-order chi connectivity index (χ0) is 29.5. The first-order valence-electron chi connectivity index (χ1n) is 13.6. The van der Waals surface area contributed by atoms with E-state index in [-0.39, 0.29) is 43.3 Å². The summed E-state index contributed by atoms with van der Waals surface area (Å²) in [5, 5.41) is 13.8. The summed E-state index contributed by atoms with van der Waals surface area (Å²) in [7, 11) is 0. The number of nitrogens with zero attached hydrogens (tertiary/aromatic N) is 4. The monoisotopic (exact) mass is 582 g/mol. The van der Waals surface area contributed by atoms with Gasteiger partial charge in [-0.3, -0.25) is 9.59 Å². The minimum absolute atomic E-state index is 0.0337. The van der Waals surface area contributed by atoms with Crippen molar-refractivity contribution < 1.29 is 36.1 Å². The highest BCUT2D eigenvalue weighted by Gasteiger charge is 2.40. The third kappa shape index (κ3) is 6.84.